The van der Waals surface area contributed by atoms with E-state index in [4.69, 9.17) is 9.47 Å². The van der Waals surface area contributed by atoms with Crippen molar-refractivity contribution in [2.24, 2.45) is 0 Å². The van der Waals surface area contributed by atoms with E-state index in [2.05, 4.69) is 15.9 Å². The van der Waals surface area contributed by atoms with Gasteiger partial charge < -0.3 is 14.4 Å². The van der Waals surface area contributed by atoms with Gasteiger partial charge in [-0.05, 0) is 43.9 Å². The zero-order chi connectivity index (χ0) is 17.2. The van der Waals surface area contributed by atoms with Gasteiger partial charge in [0.1, 0.15) is 5.60 Å². The van der Waals surface area contributed by atoms with E-state index in [0.717, 1.165) is 16.7 Å². The predicted molar refractivity (Wildman–Crippen MR) is 90.8 cm³/mol. The molecule has 5 nitrogen and oxygen atoms in total. The maximum atomic E-state index is 12.2. The van der Waals surface area contributed by atoms with E-state index in [-0.39, 0.29) is 12.1 Å². The Bertz CT molecular complexity index is 622. The summed E-state index contributed by atoms with van der Waals surface area (Å²) in [5, 5.41) is 0.584. The molecule has 23 heavy (non-hydrogen) atoms. The molecule has 0 aliphatic carbocycles. The van der Waals surface area contributed by atoms with E-state index < -0.39 is 5.60 Å². The van der Waals surface area contributed by atoms with E-state index in [1.165, 1.54) is 7.11 Å². The molecule has 0 bridgehead atoms. The highest BCUT2D eigenvalue weighted by Crippen LogP contribution is 2.28. The van der Waals surface area contributed by atoms with Gasteiger partial charge in [0.15, 0.2) is 0 Å². The van der Waals surface area contributed by atoms with Gasteiger partial charge in [-0.15, -0.1) is 0 Å². The lowest BCUT2D eigenvalue weighted by Gasteiger charge is -2.32. The lowest BCUT2D eigenvalue weighted by Crippen LogP contribution is -2.40. The zero-order valence-corrected chi connectivity index (χ0v) is 15.5. The minimum atomic E-state index is -0.519. The molecular weight excluding hydrogens is 362 g/mol. The highest BCUT2D eigenvalue weighted by molar-refractivity contribution is 9.08. The molecule has 0 N–H and O–H groups in total. The second-order valence-corrected chi connectivity index (χ2v) is 7.08. The van der Waals surface area contributed by atoms with Crippen molar-refractivity contribution in [3.63, 3.8) is 0 Å². The Morgan fingerprint density at radius 1 is 1.30 bits per heavy atom. The van der Waals surface area contributed by atoms with Crippen LogP contribution in [0.15, 0.2) is 12.1 Å². The zero-order valence-electron chi connectivity index (χ0n) is 13.9. The molecule has 1 aromatic rings. The summed E-state index contributed by atoms with van der Waals surface area (Å²) in [6.07, 6.45) is 0.284. The summed E-state index contributed by atoms with van der Waals surface area (Å²) in [7, 11) is 1.38. The van der Waals surface area contributed by atoms with Gasteiger partial charge in [0.2, 0.25) is 0 Å². The fourth-order valence-corrected chi connectivity index (χ4v) is 3.12. The maximum Gasteiger partial charge on any atom is 0.410 e. The van der Waals surface area contributed by atoms with Gasteiger partial charge >= 0.3 is 12.1 Å². The quantitative estimate of drug-likeness (QED) is 0.577. The molecule has 1 heterocycles. The van der Waals surface area contributed by atoms with Crippen LogP contribution in [0, 0.1) is 0 Å². The lowest BCUT2D eigenvalue weighted by atomic mass is 9.91. The Morgan fingerprint density at radius 2 is 2.00 bits per heavy atom. The minimum absolute atomic E-state index is 0.327. The first-order valence-electron chi connectivity index (χ1n) is 7.52. The number of alkyl halides is 1. The Balaban J connectivity index is 2.29. The third kappa shape index (κ3) is 4.05. The van der Waals surface area contributed by atoms with Crippen LogP contribution in [0.25, 0.3) is 0 Å². The topological polar surface area (TPSA) is 55.8 Å². The maximum absolute atomic E-state index is 12.2. The molecule has 126 valence electrons. The number of rotatable bonds is 2. The Hall–Kier alpha value is -1.56. The third-order valence-corrected chi connectivity index (χ3v) is 4.28. The van der Waals surface area contributed by atoms with Crippen LogP contribution < -0.4 is 0 Å². The van der Waals surface area contributed by atoms with Crippen molar-refractivity contribution in [2.45, 2.75) is 44.7 Å². The number of methoxy groups -OCH3 is 1. The van der Waals surface area contributed by atoms with Gasteiger partial charge in [0.25, 0.3) is 0 Å². The summed E-state index contributed by atoms with van der Waals surface area (Å²) < 4.78 is 10.3. The molecule has 6 heteroatoms. The van der Waals surface area contributed by atoms with E-state index in [1.807, 2.05) is 32.9 Å². The summed E-state index contributed by atoms with van der Waals surface area (Å²) in [5.74, 6) is -0.331. The van der Waals surface area contributed by atoms with Crippen molar-refractivity contribution in [3.05, 3.63) is 34.4 Å². The molecule has 0 fully saturated rings. The standard InChI is InChI=1S/C17H22BrNO4/c1-17(2,3)23-16(21)19-8-7-13-12(10-19)6-5-11(9-18)14(13)15(20)22-4/h5-6H,7-10H2,1-4H3. The lowest BCUT2D eigenvalue weighted by molar-refractivity contribution is 0.0224. The van der Waals surface area contributed by atoms with Crippen LogP contribution in [0.5, 0.6) is 0 Å². The van der Waals surface area contributed by atoms with Gasteiger partial charge in [-0.3, -0.25) is 0 Å². The van der Waals surface area contributed by atoms with Crippen LogP contribution in [0.1, 0.15) is 47.8 Å². The summed E-state index contributed by atoms with van der Waals surface area (Å²) in [6.45, 7) is 6.51. The summed E-state index contributed by atoms with van der Waals surface area (Å²) >= 11 is 3.41. The number of halogens is 1. The third-order valence-electron chi connectivity index (χ3n) is 3.67. The predicted octanol–water partition coefficient (Wildman–Crippen LogP) is 3.66. The van der Waals surface area contributed by atoms with Crippen LogP contribution in [0.2, 0.25) is 0 Å². The highest BCUT2D eigenvalue weighted by atomic mass is 79.9. The Kier molecular flexibility index (Phi) is 5.34. The van der Waals surface area contributed by atoms with Crippen molar-refractivity contribution in [1.29, 1.82) is 0 Å². The highest BCUT2D eigenvalue weighted by Gasteiger charge is 2.29. The minimum Gasteiger partial charge on any atom is -0.465 e. The first-order valence-corrected chi connectivity index (χ1v) is 8.65. The average Bonchev–Trinajstić information content (AvgIpc) is 2.50. The molecular formula is C17H22BrNO4. The van der Waals surface area contributed by atoms with Crippen LogP contribution in [-0.4, -0.2) is 36.2 Å². The van der Waals surface area contributed by atoms with Crippen LogP contribution in [0.4, 0.5) is 4.79 Å². The molecule has 1 aromatic carbocycles. The van der Waals surface area contributed by atoms with Crippen molar-refractivity contribution >= 4 is 28.0 Å². The molecule has 0 spiro atoms. The molecule has 1 amide bonds. The number of hydrogen-bond acceptors (Lipinski definition) is 4. The van der Waals surface area contributed by atoms with Crippen LogP contribution in [0.3, 0.4) is 0 Å². The summed E-state index contributed by atoms with van der Waals surface area (Å²) in [4.78, 5) is 26.0. The number of benzene rings is 1. The van der Waals surface area contributed by atoms with Crippen molar-refractivity contribution in [1.82, 2.24) is 4.90 Å². The first-order chi connectivity index (χ1) is 10.8. The smallest absolute Gasteiger partial charge is 0.410 e. The largest absolute Gasteiger partial charge is 0.465 e. The number of carbonyl (C=O) groups is 2. The van der Waals surface area contributed by atoms with E-state index in [1.54, 1.807) is 4.90 Å². The second-order valence-electron chi connectivity index (χ2n) is 6.51. The average molecular weight is 384 g/mol. The number of carbonyl (C=O) groups excluding carboxylic acids is 2. The molecule has 1 aliphatic rings. The SMILES string of the molecule is COC(=O)c1c(CBr)ccc2c1CCN(C(=O)OC(C)(C)C)C2. The molecule has 0 saturated carbocycles. The fourth-order valence-electron chi connectivity index (χ4n) is 2.65. The van der Waals surface area contributed by atoms with Crippen LogP contribution >= 0.6 is 15.9 Å². The number of fused-ring (bicyclic) bond motifs is 1. The molecule has 0 radical (unpaired) electrons. The van der Waals surface area contributed by atoms with Crippen molar-refractivity contribution in [3.8, 4) is 0 Å². The van der Waals surface area contributed by atoms with Gasteiger partial charge in [0.05, 0.1) is 12.7 Å². The van der Waals surface area contributed by atoms with Crippen molar-refractivity contribution in [2.75, 3.05) is 13.7 Å². The molecule has 0 unspecified atom stereocenters. The summed E-state index contributed by atoms with van der Waals surface area (Å²) in [5.41, 5.74) is 2.93. The van der Waals surface area contributed by atoms with Crippen LogP contribution in [-0.2, 0) is 27.8 Å². The fraction of sp³-hybridized carbons (Fsp3) is 0.529. The first kappa shape index (κ1) is 17.8. The Morgan fingerprint density at radius 3 is 2.57 bits per heavy atom. The van der Waals surface area contributed by atoms with Gasteiger partial charge in [-0.1, -0.05) is 28.1 Å². The monoisotopic (exact) mass is 383 g/mol. The molecule has 1 aliphatic heterocycles. The van der Waals surface area contributed by atoms with Gasteiger partial charge in [-0.25, -0.2) is 9.59 Å². The molecule has 0 saturated heterocycles. The second kappa shape index (κ2) is 6.91. The summed E-state index contributed by atoms with van der Waals surface area (Å²) in [6, 6.07) is 3.87. The van der Waals surface area contributed by atoms with E-state index in [9.17, 15) is 9.59 Å². The molecule has 2 rings (SSSR count). The number of nitrogens with zero attached hydrogens (tertiary/aromatic N) is 1. The normalized spacial score (nSPS) is 14.2. The van der Waals surface area contributed by atoms with Gasteiger partial charge in [-0.2, -0.15) is 0 Å². The number of ether oxygens (including phenoxy) is 2. The number of hydrogen-bond donors (Lipinski definition) is 0. The Labute approximate surface area is 145 Å². The van der Waals surface area contributed by atoms with Gasteiger partial charge in [0, 0.05) is 18.4 Å². The number of amides is 1. The van der Waals surface area contributed by atoms with Crippen molar-refractivity contribution < 1.29 is 19.1 Å². The van der Waals surface area contributed by atoms with E-state index >= 15 is 0 Å². The molecule has 0 atom stereocenters. The molecule has 0 aromatic heterocycles. The number of esters is 1. The van der Waals surface area contributed by atoms with E-state index in [0.29, 0.717) is 30.4 Å².